The van der Waals surface area contributed by atoms with Crippen molar-refractivity contribution in [2.24, 2.45) is 7.05 Å². The van der Waals surface area contributed by atoms with Gasteiger partial charge in [0.2, 0.25) is 5.91 Å². The smallest absolute Gasteiger partial charge is 0.313 e. The van der Waals surface area contributed by atoms with Gasteiger partial charge in [0.05, 0.1) is 6.04 Å². The van der Waals surface area contributed by atoms with E-state index in [0.717, 1.165) is 25.2 Å². The molecule has 2 aromatic carbocycles. The van der Waals surface area contributed by atoms with E-state index < -0.39 is 11.8 Å². The number of fused-ring (bicyclic) bond motifs is 1. The Labute approximate surface area is 199 Å². The molecule has 8 heteroatoms. The highest BCUT2D eigenvalue weighted by Gasteiger charge is 2.27. The highest BCUT2D eigenvalue weighted by atomic mass is 16.2. The van der Waals surface area contributed by atoms with Crippen LogP contribution < -0.4 is 16.0 Å². The van der Waals surface area contributed by atoms with Crippen LogP contribution in [0.25, 0.3) is 0 Å². The molecule has 0 spiro atoms. The fourth-order valence-electron chi connectivity index (χ4n) is 4.36. The van der Waals surface area contributed by atoms with Gasteiger partial charge in [-0.25, -0.2) is 0 Å². The van der Waals surface area contributed by atoms with Gasteiger partial charge in [0.1, 0.15) is 0 Å². The van der Waals surface area contributed by atoms with Gasteiger partial charge in [-0.1, -0.05) is 30.3 Å². The lowest BCUT2D eigenvalue weighted by Crippen LogP contribution is -2.44. The third-order valence-corrected chi connectivity index (χ3v) is 6.03. The molecule has 176 valence electrons. The molecule has 3 amide bonds. The Morgan fingerprint density at radius 2 is 1.65 bits per heavy atom. The molecule has 0 fully saturated rings. The van der Waals surface area contributed by atoms with E-state index >= 15 is 0 Å². The second kappa shape index (κ2) is 10.4. The molecular formula is C26H29N5O3. The average Bonchev–Trinajstić information content (AvgIpc) is 3.24. The Hall–Kier alpha value is -3.91. The van der Waals surface area contributed by atoms with Crippen LogP contribution in [0.1, 0.15) is 29.8 Å². The SMILES string of the molecule is CC(=O)Nc1cccc(NC(=O)C(=O)NCC(c2cccn2C)N2CCc3ccccc3C2)c1. The summed E-state index contributed by atoms with van der Waals surface area (Å²) < 4.78 is 2.05. The van der Waals surface area contributed by atoms with Crippen LogP contribution in [0.4, 0.5) is 11.4 Å². The minimum Gasteiger partial charge on any atom is -0.353 e. The number of benzene rings is 2. The monoisotopic (exact) mass is 459 g/mol. The van der Waals surface area contributed by atoms with Gasteiger partial charge in [0.15, 0.2) is 0 Å². The number of carbonyl (C=O) groups is 3. The zero-order valence-electron chi connectivity index (χ0n) is 19.4. The van der Waals surface area contributed by atoms with E-state index in [-0.39, 0.29) is 11.9 Å². The zero-order chi connectivity index (χ0) is 24.1. The maximum atomic E-state index is 12.6. The summed E-state index contributed by atoms with van der Waals surface area (Å²) in [4.78, 5) is 38.8. The van der Waals surface area contributed by atoms with E-state index in [1.807, 2.05) is 36.0 Å². The van der Waals surface area contributed by atoms with Crippen molar-refractivity contribution in [2.45, 2.75) is 25.9 Å². The summed E-state index contributed by atoms with van der Waals surface area (Å²) in [5.41, 5.74) is 4.69. The highest BCUT2D eigenvalue weighted by Crippen LogP contribution is 2.27. The lowest BCUT2D eigenvalue weighted by molar-refractivity contribution is -0.136. The molecule has 8 nitrogen and oxygen atoms in total. The van der Waals surface area contributed by atoms with Crippen LogP contribution in [0.2, 0.25) is 0 Å². The molecule has 0 saturated heterocycles. The van der Waals surface area contributed by atoms with Gasteiger partial charge in [-0.15, -0.1) is 0 Å². The van der Waals surface area contributed by atoms with E-state index in [4.69, 9.17) is 0 Å². The number of hydrogen-bond acceptors (Lipinski definition) is 4. The van der Waals surface area contributed by atoms with Gasteiger partial charge in [0.25, 0.3) is 0 Å². The van der Waals surface area contributed by atoms with Gasteiger partial charge >= 0.3 is 11.8 Å². The fraction of sp³-hybridized carbons (Fsp3) is 0.269. The van der Waals surface area contributed by atoms with Gasteiger partial charge < -0.3 is 20.5 Å². The molecule has 34 heavy (non-hydrogen) atoms. The quantitative estimate of drug-likeness (QED) is 0.494. The molecule has 0 saturated carbocycles. The summed E-state index contributed by atoms with van der Waals surface area (Å²) in [7, 11) is 1.98. The molecule has 4 rings (SSSR count). The van der Waals surface area contributed by atoms with Crippen molar-refractivity contribution in [3.05, 3.63) is 83.7 Å². The summed E-state index contributed by atoms with van der Waals surface area (Å²) in [6.45, 7) is 3.36. The second-order valence-electron chi connectivity index (χ2n) is 8.48. The Balaban J connectivity index is 1.42. The maximum Gasteiger partial charge on any atom is 0.313 e. The summed E-state index contributed by atoms with van der Waals surface area (Å²) >= 11 is 0. The van der Waals surface area contributed by atoms with Crippen molar-refractivity contribution in [1.82, 2.24) is 14.8 Å². The summed E-state index contributed by atoms with van der Waals surface area (Å²) in [6, 6.07) is 19.0. The number of aryl methyl sites for hydroxylation is 1. The van der Waals surface area contributed by atoms with Crippen LogP contribution in [-0.4, -0.2) is 40.3 Å². The lowest BCUT2D eigenvalue weighted by Gasteiger charge is -2.36. The second-order valence-corrected chi connectivity index (χ2v) is 8.48. The van der Waals surface area contributed by atoms with Crippen LogP contribution in [-0.2, 0) is 34.4 Å². The zero-order valence-corrected chi connectivity index (χ0v) is 19.4. The first-order chi connectivity index (χ1) is 16.4. The first kappa shape index (κ1) is 23.3. The van der Waals surface area contributed by atoms with E-state index in [2.05, 4.69) is 39.0 Å². The van der Waals surface area contributed by atoms with Crippen LogP contribution in [0.15, 0.2) is 66.9 Å². The third-order valence-electron chi connectivity index (χ3n) is 6.03. The summed E-state index contributed by atoms with van der Waals surface area (Å²) in [5, 5.41) is 8.06. The molecule has 1 aromatic heterocycles. The summed E-state index contributed by atoms with van der Waals surface area (Å²) in [6.07, 6.45) is 2.92. The number of amides is 3. The minimum absolute atomic E-state index is 0.0757. The molecule has 2 heterocycles. The predicted molar refractivity (Wildman–Crippen MR) is 131 cm³/mol. The number of rotatable bonds is 6. The van der Waals surface area contributed by atoms with Crippen molar-refractivity contribution >= 4 is 29.1 Å². The van der Waals surface area contributed by atoms with Crippen LogP contribution in [0, 0.1) is 0 Å². The van der Waals surface area contributed by atoms with Crippen molar-refractivity contribution < 1.29 is 14.4 Å². The van der Waals surface area contributed by atoms with E-state index in [1.165, 1.54) is 18.1 Å². The Morgan fingerprint density at radius 3 is 2.35 bits per heavy atom. The van der Waals surface area contributed by atoms with Crippen molar-refractivity contribution in [3.8, 4) is 0 Å². The number of nitrogens with one attached hydrogen (secondary N) is 3. The van der Waals surface area contributed by atoms with E-state index in [1.54, 1.807) is 24.3 Å². The number of nitrogens with zero attached hydrogens (tertiary/aromatic N) is 2. The van der Waals surface area contributed by atoms with Gasteiger partial charge in [-0.2, -0.15) is 0 Å². The van der Waals surface area contributed by atoms with Crippen LogP contribution in [0.3, 0.4) is 0 Å². The average molecular weight is 460 g/mol. The topological polar surface area (TPSA) is 95.5 Å². The minimum atomic E-state index is -0.755. The summed E-state index contributed by atoms with van der Waals surface area (Å²) in [5.74, 6) is -1.68. The van der Waals surface area contributed by atoms with Crippen molar-refractivity contribution in [3.63, 3.8) is 0 Å². The molecule has 0 bridgehead atoms. The number of anilines is 2. The van der Waals surface area contributed by atoms with Crippen molar-refractivity contribution in [2.75, 3.05) is 23.7 Å². The molecular weight excluding hydrogens is 430 g/mol. The molecule has 3 N–H and O–H groups in total. The fourth-order valence-corrected chi connectivity index (χ4v) is 4.36. The molecule has 0 aliphatic carbocycles. The van der Waals surface area contributed by atoms with Gasteiger partial charge in [0, 0.05) is 56.9 Å². The Bertz CT molecular complexity index is 1200. The third kappa shape index (κ3) is 5.52. The first-order valence-electron chi connectivity index (χ1n) is 11.3. The molecule has 1 aliphatic heterocycles. The van der Waals surface area contributed by atoms with E-state index in [9.17, 15) is 14.4 Å². The maximum absolute atomic E-state index is 12.6. The van der Waals surface area contributed by atoms with Crippen molar-refractivity contribution in [1.29, 1.82) is 0 Å². The number of carbonyl (C=O) groups excluding carboxylic acids is 3. The highest BCUT2D eigenvalue weighted by molar-refractivity contribution is 6.39. The molecule has 3 aromatic rings. The predicted octanol–water partition coefficient (Wildman–Crippen LogP) is 2.84. The number of aromatic nitrogens is 1. The van der Waals surface area contributed by atoms with Crippen LogP contribution in [0.5, 0.6) is 0 Å². The molecule has 1 aliphatic rings. The molecule has 1 atom stereocenters. The van der Waals surface area contributed by atoms with Crippen LogP contribution >= 0.6 is 0 Å². The largest absolute Gasteiger partial charge is 0.353 e. The standard InChI is InChI=1S/C26H29N5O3/c1-18(32)28-21-9-5-10-22(15-21)29-26(34)25(33)27-16-24(23-11-6-13-30(23)2)31-14-12-19-7-3-4-8-20(19)17-31/h3-11,13,15,24H,12,14,16-17H2,1-2H3,(H,27,33)(H,28,32)(H,29,34). The lowest BCUT2D eigenvalue weighted by atomic mass is 9.98. The van der Waals surface area contributed by atoms with Gasteiger partial charge in [-0.3, -0.25) is 19.3 Å². The first-order valence-corrected chi connectivity index (χ1v) is 11.3. The molecule has 1 unspecified atom stereocenters. The molecule has 0 radical (unpaired) electrons. The normalized spacial score (nSPS) is 14.1. The van der Waals surface area contributed by atoms with Gasteiger partial charge in [-0.05, 0) is 47.9 Å². The Kier molecular flexibility index (Phi) is 7.08. The number of hydrogen-bond donors (Lipinski definition) is 3. The Morgan fingerprint density at radius 1 is 0.912 bits per heavy atom. The van der Waals surface area contributed by atoms with E-state index in [0.29, 0.717) is 17.9 Å².